The zero-order valence-electron chi connectivity index (χ0n) is 11.5. The Bertz CT molecular complexity index is 583. The smallest absolute Gasteiger partial charge is 0.411 e. The molecule has 1 aliphatic heterocycles. The fourth-order valence-electron chi connectivity index (χ4n) is 2.28. The van der Waals surface area contributed by atoms with E-state index >= 15 is 0 Å². The lowest BCUT2D eigenvalue weighted by atomic mass is 10.1. The summed E-state index contributed by atoms with van der Waals surface area (Å²) in [6.45, 7) is 1.71. The first-order valence-electron chi connectivity index (χ1n) is 6.59. The molecule has 1 atom stereocenters. The molecule has 0 bridgehead atoms. The maximum atomic E-state index is 11.7. The van der Waals surface area contributed by atoms with E-state index in [1.165, 1.54) is 0 Å². The van der Waals surface area contributed by atoms with Crippen LogP contribution in [0.2, 0.25) is 5.02 Å². The Morgan fingerprint density at radius 3 is 2.71 bits per heavy atom. The molecule has 1 saturated heterocycles. The van der Waals surface area contributed by atoms with Gasteiger partial charge in [-0.1, -0.05) is 23.7 Å². The number of carbonyl (C=O) groups excluding carboxylic acids is 1. The van der Waals surface area contributed by atoms with E-state index in [1.807, 2.05) is 12.1 Å². The van der Waals surface area contributed by atoms with Crippen LogP contribution in [-0.2, 0) is 9.53 Å². The van der Waals surface area contributed by atoms with Crippen molar-refractivity contribution in [3.63, 3.8) is 0 Å². The lowest BCUT2D eigenvalue weighted by Crippen LogP contribution is -2.22. The highest BCUT2D eigenvalue weighted by atomic mass is 35.5. The maximum absolute atomic E-state index is 11.7. The number of nitro groups is 1. The minimum absolute atomic E-state index is 0.0679. The fourth-order valence-corrected chi connectivity index (χ4v) is 2.41. The van der Waals surface area contributed by atoms with E-state index in [4.69, 9.17) is 16.3 Å². The molecule has 1 aromatic rings. The number of carbonyl (C=O) groups is 1. The van der Waals surface area contributed by atoms with Gasteiger partial charge < -0.3 is 10.1 Å². The normalized spacial score (nSPS) is 19.8. The number of nitrogens with one attached hydrogen (secondary N) is 1. The Labute approximate surface area is 126 Å². The summed E-state index contributed by atoms with van der Waals surface area (Å²) in [5, 5.41) is 14.8. The average Bonchev–Trinajstić information content (AvgIpc) is 2.89. The van der Waals surface area contributed by atoms with Crippen molar-refractivity contribution in [1.82, 2.24) is 5.32 Å². The van der Waals surface area contributed by atoms with E-state index in [0.717, 1.165) is 5.56 Å². The van der Waals surface area contributed by atoms with Gasteiger partial charge in [0.25, 0.3) is 0 Å². The van der Waals surface area contributed by atoms with Crippen LogP contribution >= 0.6 is 11.6 Å². The third-order valence-electron chi connectivity index (χ3n) is 3.24. The van der Waals surface area contributed by atoms with Crippen LogP contribution in [0.1, 0.15) is 31.4 Å². The minimum atomic E-state index is -0.901. The van der Waals surface area contributed by atoms with E-state index in [9.17, 15) is 14.9 Å². The molecule has 0 radical (unpaired) electrons. The molecular weight excluding hydrogens is 296 g/mol. The van der Waals surface area contributed by atoms with E-state index in [2.05, 4.69) is 5.32 Å². The summed E-state index contributed by atoms with van der Waals surface area (Å²) in [6, 6.07) is 7.18. The van der Waals surface area contributed by atoms with Crippen LogP contribution in [-0.4, -0.2) is 17.5 Å². The molecule has 0 amide bonds. The summed E-state index contributed by atoms with van der Waals surface area (Å²) in [4.78, 5) is 22.1. The highest BCUT2D eigenvalue weighted by Crippen LogP contribution is 2.31. The molecular formula is C14H15ClN2O4. The van der Waals surface area contributed by atoms with Gasteiger partial charge in [0.05, 0.1) is 23.3 Å². The number of halogens is 1. The number of esters is 1. The summed E-state index contributed by atoms with van der Waals surface area (Å²) >= 11 is 5.84. The largest absolute Gasteiger partial charge is 0.458 e. The first kappa shape index (κ1) is 15.3. The van der Waals surface area contributed by atoms with Crippen molar-refractivity contribution in [2.24, 2.45) is 0 Å². The molecule has 0 aromatic heterocycles. The molecule has 1 aromatic carbocycles. The van der Waals surface area contributed by atoms with Gasteiger partial charge in [0.1, 0.15) is 0 Å². The summed E-state index contributed by atoms with van der Waals surface area (Å²) in [5.74, 6) is -0.901. The first-order valence-corrected chi connectivity index (χ1v) is 6.97. The quantitative estimate of drug-likeness (QED) is 0.400. The Kier molecular flexibility index (Phi) is 4.80. The predicted octanol–water partition coefficient (Wildman–Crippen LogP) is 2.82. The summed E-state index contributed by atoms with van der Waals surface area (Å²) in [7, 11) is 0. The minimum Gasteiger partial charge on any atom is -0.458 e. The summed E-state index contributed by atoms with van der Waals surface area (Å²) < 4.78 is 4.74. The van der Waals surface area contributed by atoms with Gasteiger partial charge in [-0.05, 0) is 37.5 Å². The molecule has 6 nitrogen and oxygen atoms in total. The van der Waals surface area contributed by atoms with E-state index < -0.39 is 16.6 Å². The van der Waals surface area contributed by atoms with Crippen molar-refractivity contribution < 1.29 is 14.5 Å². The van der Waals surface area contributed by atoms with E-state index in [1.54, 1.807) is 19.1 Å². The highest BCUT2D eigenvalue weighted by molar-refractivity contribution is 6.30. The third-order valence-corrected chi connectivity index (χ3v) is 3.49. The van der Waals surface area contributed by atoms with Gasteiger partial charge in [0, 0.05) is 5.02 Å². The second kappa shape index (κ2) is 6.58. The number of nitrogens with zero attached hydrogens (tertiary/aromatic N) is 1. The topological polar surface area (TPSA) is 81.5 Å². The number of hydrogen-bond donors (Lipinski definition) is 1. The molecule has 1 N–H and O–H groups in total. The monoisotopic (exact) mass is 310 g/mol. The maximum Gasteiger partial charge on any atom is 0.411 e. The average molecular weight is 311 g/mol. The molecule has 21 heavy (non-hydrogen) atoms. The molecule has 1 unspecified atom stereocenters. The van der Waals surface area contributed by atoms with Gasteiger partial charge in [-0.2, -0.15) is 0 Å². The van der Waals surface area contributed by atoms with Crippen molar-refractivity contribution in [2.75, 3.05) is 6.61 Å². The first-order chi connectivity index (χ1) is 10.0. The third kappa shape index (κ3) is 3.52. The molecule has 2 rings (SSSR count). The second-order valence-electron chi connectivity index (χ2n) is 4.59. The number of benzene rings is 1. The Morgan fingerprint density at radius 2 is 2.14 bits per heavy atom. The van der Waals surface area contributed by atoms with Gasteiger partial charge in [0.15, 0.2) is 0 Å². The van der Waals surface area contributed by atoms with Crippen molar-refractivity contribution in [2.45, 2.75) is 25.8 Å². The highest BCUT2D eigenvalue weighted by Gasteiger charge is 2.33. The van der Waals surface area contributed by atoms with Crippen molar-refractivity contribution in [1.29, 1.82) is 0 Å². The molecule has 0 aliphatic carbocycles. The summed E-state index contributed by atoms with van der Waals surface area (Å²) in [5.41, 5.74) is 0.785. The molecule has 112 valence electrons. The van der Waals surface area contributed by atoms with Crippen LogP contribution in [0, 0.1) is 10.1 Å². The van der Waals surface area contributed by atoms with Crippen LogP contribution in [0.3, 0.4) is 0 Å². The number of hydrogen-bond acceptors (Lipinski definition) is 5. The number of ether oxygens (including phenoxy) is 1. The zero-order valence-corrected chi connectivity index (χ0v) is 12.2. The van der Waals surface area contributed by atoms with Gasteiger partial charge in [0.2, 0.25) is 0 Å². The molecule has 1 aliphatic rings. The van der Waals surface area contributed by atoms with Crippen molar-refractivity contribution >= 4 is 17.6 Å². The predicted molar refractivity (Wildman–Crippen MR) is 77.2 cm³/mol. The lowest BCUT2D eigenvalue weighted by Gasteiger charge is -2.11. The van der Waals surface area contributed by atoms with Crippen LogP contribution in [0.5, 0.6) is 0 Å². The van der Waals surface area contributed by atoms with Gasteiger partial charge in [-0.3, -0.25) is 10.1 Å². The molecule has 7 heteroatoms. The Morgan fingerprint density at radius 1 is 1.48 bits per heavy atom. The standard InChI is InChI=1S/C14H15ClN2O4/c1-2-21-14(18)13(17(19)20)12-8-7-11(16-12)9-3-5-10(15)6-4-9/h3-6,11,16H,2,7-8H2,1H3. The van der Waals surface area contributed by atoms with Gasteiger partial charge >= 0.3 is 11.7 Å². The van der Waals surface area contributed by atoms with Crippen LogP contribution in [0.25, 0.3) is 0 Å². The summed E-state index contributed by atoms with van der Waals surface area (Å²) in [6.07, 6.45) is 1.11. The Hall–Kier alpha value is -2.08. The lowest BCUT2D eigenvalue weighted by molar-refractivity contribution is -0.422. The van der Waals surface area contributed by atoms with E-state index in [0.29, 0.717) is 23.6 Å². The Balaban J connectivity index is 2.22. The van der Waals surface area contributed by atoms with Crippen molar-refractivity contribution in [3.05, 3.63) is 56.4 Å². The van der Waals surface area contributed by atoms with Crippen LogP contribution in [0.4, 0.5) is 0 Å². The zero-order chi connectivity index (χ0) is 15.4. The molecule has 1 heterocycles. The second-order valence-corrected chi connectivity index (χ2v) is 5.03. The van der Waals surface area contributed by atoms with Crippen LogP contribution < -0.4 is 5.32 Å². The number of allylic oxidation sites excluding steroid dienone is 1. The SMILES string of the molecule is CCOC(=O)C(=C1CCC(c2ccc(Cl)cc2)N1)[N+](=O)[O-]. The van der Waals surface area contributed by atoms with Crippen LogP contribution in [0.15, 0.2) is 35.7 Å². The molecule has 0 saturated carbocycles. The van der Waals surface area contributed by atoms with Crippen molar-refractivity contribution in [3.8, 4) is 0 Å². The molecule has 0 spiro atoms. The molecule has 1 fully saturated rings. The number of rotatable bonds is 4. The van der Waals surface area contributed by atoms with Gasteiger partial charge in [-0.25, -0.2) is 4.79 Å². The fraction of sp³-hybridized carbons (Fsp3) is 0.357. The van der Waals surface area contributed by atoms with Gasteiger partial charge in [-0.15, -0.1) is 0 Å². The van der Waals surface area contributed by atoms with E-state index in [-0.39, 0.29) is 12.6 Å².